The maximum absolute atomic E-state index is 5.80. The number of nitrogens with one attached hydrogen (secondary N) is 1. The monoisotopic (exact) mass is 199 g/mol. The third kappa shape index (κ3) is 1.38. The van der Waals surface area contributed by atoms with Crippen LogP contribution in [0, 0.1) is 0 Å². The zero-order chi connectivity index (χ0) is 8.55. The summed E-state index contributed by atoms with van der Waals surface area (Å²) in [5.41, 5.74) is 2.02. The molecule has 0 bridgehead atoms. The van der Waals surface area contributed by atoms with E-state index in [9.17, 15) is 0 Å². The highest BCUT2D eigenvalue weighted by molar-refractivity contribution is 7.80. The zero-order valence-corrected chi connectivity index (χ0v) is 7.71. The molecule has 1 aromatic carbocycles. The lowest BCUT2D eigenvalue weighted by Gasteiger charge is -2.19. The van der Waals surface area contributed by atoms with Crippen LogP contribution in [0.3, 0.4) is 0 Å². The van der Waals surface area contributed by atoms with Gasteiger partial charge in [0.15, 0.2) is 0 Å². The maximum atomic E-state index is 5.80. The van der Waals surface area contributed by atoms with Gasteiger partial charge in [-0.05, 0) is 30.4 Å². The SMILES string of the molecule is S=C1Nc2ccc(Cl)cc2CO1. The molecule has 0 radical (unpaired) electrons. The molecule has 0 amide bonds. The van der Waals surface area contributed by atoms with E-state index in [1.54, 1.807) is 0 Å². The van der Waals surface area contributed by atoms with Gasteiger partial charge in [0.25, 0.3) is 5.17 Å². The summed E-state index contributed by atoms with van der Waals surface area (Å²) >= 11 is 10.6. The minimum Gasteiger partial charge on any atom is -0.466 e. The second-order valence-corrected chi connectivity index (χ2v) is 3.31. The molecule has 2 rings (SSSR count). The molecule has 2 nitrogen and oxygen atoms in total. The van der Waals surface area contributed by atoms with Crippen molar-refractivity contribution >= 4 is 34.7 Å². The lowest BCUT2D eigenvalue weighted by atomic mass is 10.2. The Morgan fingerprint density at radius 1 is 1.50 bits per heavy atom. The van der Waals surface area contributed by atoms with E-state index in [-0.39, 0.29) is 0 Å². The fourth-order valence-corrected chi connectivity index (χ4v) is 1.46. The summed E-state index contributed by atoms with van der Waals surface area (Å²) in [6, 6.07) is 5.58. The normalized spacial score (nSPS) is 14.6. The maximum Gasteiger partial charge on any atom is 0.261 e. The van der Waals surface area contributed by atoms with Gasteiger partial charge in [-0.3, -0.25) is 0 Å². The number of halogens is 1. The molecule has 0 atom stereocenters. The second-order valence-electron chi connectivity index (χ2n) is 2.50. The summed E-state index contributed by atoms with van der Waals surface area (Å²) in [5, 5.41) is 4.07. The van der Waals surface area contributed by atoms with Gasteiger partial charge in [0, 0.05) is 16.3 Å². The van der Waals surface area contributed by atoms with Crippen LogP contribution in [-0.2, 0) is 11.3 Å². The second kappa shape index (κ2) is 2.92. The summed E-state index contributed by atoms with van der Waals surface area (Å²) in [6.45, 7) is 0.502. The summed E-state index contributed by atoms with van der Waals surface area (Å²) < 4.78 is 5.12. The Hall–Kier alpha value is -0.800. The molecule has 0 unspecified atom stereocenters. The summed E-state index contributed by atoms with van der Waals surface area (Å²) in [4.78, 5) is 0. The molecule has 62 valence electrons. The van der Waals surface area contributed by atoms with Crippen LogP contribution in [0.1, 0.15) is 5.56 Å². The van der Waals surface area contributed by atoms with Crippen LogP contribution in [0.15, 0.2) is 18.2 Å². The number of benzene rings is 1. The third-order valence-electron chi connectivity index (χ3n) is 1.66. The topological polar surface area (TPSA) is 21.3 Å². The fraction of sp³-hybridized carbons (Fsp3) is 0.125. The standard InChI is InChI=1S/C8H6ClNOS/c9-6-1-2-7-5(3-6)4-11-8(12)10-7/h1-3H,4H2,(H,10,12). The van der Waals surface area contributed by atoms with Crippen LogP contribution in [0.25, 0.3) is 0 Å². The van der Waals surface area contributed by atoms with E-state index in [1.165, 1.54) is 0 Å². The van der Waals surface area contributed by atoms with Crippen molar-refractivity contribution in [2.24, 2.45) is 0 Å². The van der Waals surface area contributed by atoms with Gasteiger partial charge >= 0.3 is 0 Å². The number of ether oxygens (including phenoxy) is 1. The van der Waals surface area contributed by atoms with Gasteiger partial charge in [-0.25, -0.2) is 0 Å². The first-order chi connectivity index (χ1) is 5.75. The highest BCUT2D eigenvalue weighted by atomic mass is 35.5. The molecule has 1 aliphatic rings. The fourth-order valence-electron chi connectivity index (χ4n) is 1.09. The van der Waals surface area contributed by atoms with Crippen LogP contribution in [0.2, 0.25) is 5.02 Å². The lowest BCUT2D eigenvalue weighted by molar-refractivity contribution is 0.294. The van der Waals surface area contributed by atoms with Gasteiger partial charge in [0.2, 0.25) is 0 Å². The molecule has 12 heavy (non-hydrogen) atoms. The van der Waals surface area contributed by atoms with Crippen molar-refractivity contribution in [2.75, 3.05) is 5.32 Å². The summed E-state index contributed by atoms with van der Waals surface area (Å²) in [5.74, 6) is 0. The molecule has 0 saturated heterocycles. The zero-order valence-electron chi connectivity index (χ0n) is 6.13. The van der Waals surface area contributed by atoms with Crippen molar-refractivity contribution < 1.29 is 4.74 Å². The molecular formula is C8H6ClNOS. The summed E-state index contributed by atoms with van der Waals surface area (Å²) in [6.07, 6.45) is 0. The van der Waals surface area contributed by atoms with Crippen molar-refractivity contribution in [1.82, 2.24) is 0 Å². The molecule has 0 fully saturated rings. The van der Waals surface area contributed by atoms with Gasteiger partial charge in [-0.2, -0.15) is 0 Å². The molecule has 0 spiro atoms. The Balaban J connectivity index is 2.43. The Morgan fingerprint density at radius 3 is 3.17 bits per heavy atom. The molecule has 4 heteroatoms. The van der Waals surface area contributed by atoms with Crippen molar-refractivity contribution in [1.29, 1.82) is 0 Å². The number of fused-ring (bicyclic) bond motifs is 1. The number of rotatable bonds is 0. The third-order valence-corrected chi connectivity index (χ3v) is 2.12. The van der Waals surface area contributed by atoms with Gasteiger partial charge in [0.05, 0.1) is 0 Å². The molecule has 0 aromatic heterocycles. The van der Waals surface area contributed by atoms with Crippen molar-refractivity contribution in [3.8, 4) is 0 Å². The van der Waals surface area contributed by atoms with E-state index in [2.05, 4.69) is 5.32 Å². The predicted octanol–water partition coefficient (Wildman–Crippen LogP) is 2.57. The average molecular weight is 200 g/mol. The number of hydrogen-bond acceptors (Lipinski definition) is 2. The summed E-state index contributed by atoms with van der Waals surface area (Å²) in [7, 11) is 0. The largest absolute Gasteiger partial charge is 0.466 e. The van der Waals surface area contributed by atoms with Gasteiger partial charge in [0.1, 0.15) is 6.61 Å². The minimum absolute atomic E-state index is 0.421. The lowest BCUT2D eigenvalue weighted by Crippen LogP contribution is -2.19. The minimum atomic E-state index is 0.421. The van der Waals surface area contributed by atoms with E-state index in [0.717, 1.165) is 11.3 Å². The Morgan fingerprint density at radius 2 is 2.33 bits per heavy atom. The smallest absolute Gasteiger partial charge is 0.261 e. The number of hydrogen-bond donors (Lipinski definition) is 1. The van der Waals surface area contributed by atoms with Crippen LogP contribution in [0.5, 0.6) is 0 Å². The predicted molar refractivity (Wildman–Crippen MR) is 52.5 cm³/mol. The first kappa shape index (κ1) is 7.83. The van der Waals surface area contributed by atoms with Crippen molar-refractivity contribution in [3.63, 3.8) is 0 Å². The molecule has 1 aromatic rings. The first-order valence-electron chi connectivity index (χ1n) is 3.48. The Kier molecular flexibility index (Phi) is 1.90. The molecular weight excluding hydrogens is 194 g/mol. The molecule has 0 aliphatic carbocycles. The van der Waals surface area contributed by atoms with Gasteiger partial charge in [-0.1, -0.05) is 11.6 Å². The number of thiocarbonyl (C=S) groups is 1. The Bertz CT molecular complexity index is 340. The van der Waals surface area contributed by atoms with Crippen molar-refractivity contribution in [2.45, 2.75) is 6.61 Å². The van der Waals surface area contributed by atoms with Gasteiger partial charge in [-0.15, -0.1) is 0 Å². The van der Waals surface area contributed by atoms with Crippen LogP contribution in [0.4, 0.5) is 5.69 Å². The molecule has 0 saturated carbocycles. The highest BCUT2D eigenvalue weighted by Gasteiger charge is 2.12. The quantitative estimate of drug-likeness (QED) is 0.649. The van der Waals surface area contributed by atoms with E-state index in [1.807, 2.05) is 18.2 Å². The molecule has 1 aliphatic heterocycles. The van der Waals surface area contributed by atoms with E-state index < -0.39 is 0 Å². The molecule has 1 N–H and O–H groups in total. The van der Waals surface area contributed by atoms with Crippen molar-refractivity contribution in [3.05, 3.63) is 28.8 Å². The van der Waals surface area contributed by atoms with E-state index >= 15 is 0 Å². The van der Waals surface area contributed by atoms with Crippen LogP contribution < -0.4 is 5.32 Å². The van der Waals surface area contributed by atoms with Gasteiger partial charge < -0.3 is 10.1 Å². The Labute approximate surface area is 80.5 Å². The molecule has 1 heterocycles. The first-order valence-corrected chi connectivity index (χ1v) is 4.26. The van der Waals surface area contributed by atoms with Crippen LogP contribution >= 0.6 is 23.8 Å². The van der Waals surface area contributed by atoms with Crippen LogP contribution in [-0.4, -0.2) is 5.17 Å². The number of anilines is 1. The average Bonchev–Trinajstić information content (AvgIpc) is 2.05. The van der Waals surface area contributed by atoms with E-state index in [0.29, 0.717) is 16.8 Å². The highest BCUT2D eigenvalue weighted by Crippen LogP contribution is 2.24. The van der Waals surface area contributed by atoms with E-state index in [4.69, 9.17) is 28.6 Å².